The van der Waals surface area contributed by atoms with Crippen LogP contribution in [0.4, 0.5) is 13.6 Å². The standard InChI is InChI=1S/C22H20F2N2O7/c1-12(14-5-8-17-18(9-14)33-22(23,24)32-17)25-21(29)26-16(10-19(26)27)20(28)31-11-13-3-6-15(30-2)7-4-13/h3-9,12,16H,10-11H2,1-2H3,(H,25,29)/t12-,16?/m1/s1. The first-order valence-electron chi connectivity index (χ1n) is 9.99. The first-order chi connectivity index (χ1) is 15.7. The Morgan fingerprint density at radius 3 is 2.55 bits per heavy atom. The summed E-state index contributed by atoms with van der Waals surface area (Å²) in [6, 6.07) is 8.45. The average Bonchev–Trinajstić information content (AvgIpc) is 3.08. The molecule has 1 saturated heterocycles. The number of hydrogen-bond acceptors (Lipinski definition) is 7. The van der Waals surface area contributed by atoms with Crippen molar-refractivity contribution in [3.63, 3.8) is 0 Å². The highest BCUT2D eigenvalue weighted by Gasteiger charge is 2.47. The highest BCUT2D eigenvalue weighted by Crippen LogP contribution is 2.42. The molecule has 2 atom stereocenters. The second-order valence-corrected chi connectivity index (χ2v) is 7.48. The van der Waals surface area contributed by atoms with E-state index in [4.69, 9.17) is 9.47 Å². The number of carbonyl (C=O) groups excluding carboxylic acids is 3. The van der Waals surface area contributed by atoms with Gasteiger partial charge < -0.3 is 24.3 Å². The Bertz CT molecular complexity index is 1090. The van der Waals surface area contributed by atoms with Crippen LogP contribution in [0.1, 0.15) is 30.5 Å². The van der Waals surface area contributed by atoms with Gasteiger partial charge in [-0.25, -0.2) is 14.5 Å². The molecular weight excluding hydrogens is 442 g/mol. The summed E-state index contributed by atoms with van der Waals surface area (Å²) in [6.07, 6.45) is -3.90. The number of nitrogens with one attached hydrogen (secondary N) is 1. The van der Waals surface area contributed by atoms with E-state index in [2.05, 4.69) is 14.8 Å². The summed E-state index contributed by atoms with van der Waals surface area (Å²) in [5.74, 6) is -0.878. The number of carbonyl (C=O) groups is 3. The smallest absolute Gasteiger partial charge is 0.497 e. The van der Waals surface area contributed by atoms with E-state index in [0.717, 1.165) is 4.90 Å². The van der Waals surface area contributed by atoms with Crippen molar-refractivity contribution in [3.05, 3.63) is 53.6 Å². The summed E-state index contributed by atoms with van der Waals surface area (Å²) >= 11 is 0. The number of alkyl halides is 2. The molecule has 1 N–H and O–H groups in total. The molecule has 2 heterocycles. The number of β-lactam (4-membered cyclic amide) rings is 1. The van der Waals surface area contributed by atoms with Gasteiger partial charge in [-0.15, -0.1) is 8.78 Å². The van der Waals surface area contributed by atoms with Gasteiger partial charge in [0.05, 0.1) is 19.6 Å². The van der Waals surface area contributed by atoms with Gasteiger partial charge in [0, 0.05) is 0 Å². The third-order valence-electron chi connectivity index (χ3n) is 5.24. The molecule has 174 valence electrons. The Kier molecular flexibility index (Phi) is 5.79. The fourth-order valence-corrected chi connectivity index (χ4v) is 3.41. The van der Waals surface area contributed by atoms with Crippen LogP contribution in [0.25, 0.3) is 0 Å². The molecule has 3 amide bonds. The molecule has 2 aliphatic rings. The highest BCUT2D eigenvalue weighted by molar-refractivity contribution is 6.06. The molecular formula is C22H20F2N2O7. The number of nitrogens with zero attached hydrogens (tertiary/aromatic N) is 1. The molecule has 4 rings (SSSR count). The normalized spacial score (nSPS) is 18.8. The fraction of sp³-hybridized carbons (Fsp3) is 0.318. The van der Waals surface area contributed by atoms with Crippen molar-refractivity contribution in [1.82, 2.24) is 10.2 Å². The molecule has 1 unspecified atom stereocenters. The van der Waals surface area contributed by atoms with Gasteiger partial charge in [-0.1, -0.05) is 18.2 Å². The quantitative estimate of drug-likeness (QED) is 0.520. The molecule has 1 fully saturated rings. The third-order valence-corrected chi connectivity index (χ3v) is 5.24. The molecule has 0 aliphatic carbocycles. The number of imide groups is 1. The molecule has 2 aromatic rings. The van der Waals surface area contributed by atoms with Crippen LogP contribution in [0.3, 0.4) is 0 Å². The van der Waals surface area contributed by atoms with Crippen molar-refractivity contribution in [1.29, 1.82) is 0 Å². The van der Waals surface area contributed by atoms with E-state index < -0.39 is 36.3 Å². The van der Waals surface area contributed by atoms with Crippen LogP contribution < -0.4 is 19.5 Å². The highest BCUT2D eigenvalue weighted by atomic mass is 19.3. The molecule has 0 aromatic heterocycles. The van der Waals surface area contributed by atoms with Crippen molar-refractivity contribution in [3.8, 4) is 17.2 Å². The molecule has 2 aromatic carbocycles. The summed E-state index contributed by atoms with van der Waals surface area (Å²) in [5.41, 5.74) is 1.16. The number of methoxy groups -OCH3 is 1. The summed E-state index contributed by atoms with van der Waals surface area (Å²) in [5, 5.41) is 2.57. The maximum atomic E-state index is 13.2. The van der Waals surface area contributed by atoms with Crippen LogP contribution in [-0.2, 0) is 20.9 Å². The van der Waals surface area contributed by atoms with Crippen molar-refractivity contribution < 1.29 is 42.1 Å². The van der Waals surface area contributed by atoms with Gasteiger partial charge in [0.1, 0.15) is 18.4 Å². The minimum Gasteiger partial charge on any atom is -0.497 e. The SMILES string of the molecule is COc1ccc(COC(=O)C2CC(=O)N2C(=O)N[C@H](C)c2ccc3c(c2)OC(F)(F)O3)cc1. The Balaban J connectivity index is 1.34. The zero-order valence-corrected chi connectivity index (χ0v) is 17.7. The van der Waals surface area contributed by atoms with Gasteiger partial charge in [-0.2, -0.15) is 0 Å². The van der Waals surface area contributed by atoms with Crippen LogP contribution in [0.15, 0.2) is 42.5 Å². The van der Waals surface area contributed by atoms with Crippen molar-refractivity contribution in [2.24, 2.45) is 0 Å². The lowest BCUT2D eigenvalue weighted by molar-refractivity contribution is -0.286. The van der Waals surface area contributed by atoms with Gasteiger partial charge in [-0.3, -0.25) is 4.79 Å². The predicted octanol–water partition coefficient (Wildman–Crippen LogP) is 3.13. The molecule has 2 aliphatic heterocycles. The average molecular weight is 462 g/mol. The molecule has 0 bridgehead atoms. The number of fused-ring (bicyclic) bond motifs is 1. The number of ether oxygens (including phenoxy) is 4. The topological polar surface area (TPSA) is 103 Å². The second kappa shape index (κ2) is 8.57. The van der Waals surface area contributed by atoms with E-state index in [1.165, 1.54) is 25.3 Å². The van der Waals surface area contributed by atoms with Crippen LogP contribution in [0, 0.1) is 0 Å². The summed E-state index contributed by atoms with van der Waals surface area (Å²) in [7, 11) is 1.54. The summed E-state index contributed by atoms with van der Waals surface area (Å²) in [4.78, 5) is 37.8. The predicted molar refractivity (Wildman–Crippen MR) is 108 cm³/mol. The maximum Gasteiger partial charge on any atom is 0.586 e. The van der Waals surface area contributed by atoms with Gasteiger partial charge in [0.2, 0.25) is 5.91 Å². The lowest BCUT2D eigenvalue weighted by Crippen LogP contribution is -2.62. The number of esters is 1. The molecule has 0 radical (unpaired) electrons. The molecule has 0 saturated carbocycles. The van der Waals surface area contributed by atoms with E-state index in [9.17, 15) is 23.2 Å². The number of rotatable bonds is 6. The number of halogens is 2. The number of hydrogen-bond donors (Lipinski definition) is 1. The second-order valence-electron chi connectivity index (χ2n) is 7.48. The van der Waals surface area contributed by atoms with Gasteiger partial charge >= 0.3 is 18.3 Å². The minimum atomic E-state index is -3.75. The number of amides is 3. The monoisotopic (exact) mass is 462 g/mol. The van der Waals surface area contributed by atoms with Crippen molar-refractivity contribution >= 4 is 17.9 Å². The lowest BCUT2D eigenvalue weighted by Gasteiger charge is -2.37. The largest absolute Gasteiger partial charge is 0.586 e. The number of benzene rings is 2. The zero-order chi connectivity index (χ0) is 23.8. The number of likely N-dealkylation sites (tertiary alicyclic amines) is 1. The van der Waals surface area contributed by atoms with Crippen LogP contribution in [0.5, 0.6) is 17.2 Å². The molecule has 9 nitrogen and oxygen atoms in total. The van der Waals surface area contributed by atoms with Crippen molar-refractivity contribution in [2.45, 2.75) is 38.3 Å². The van der Waals surface area contributed by atoms with E-state index in [-0.39, 0.29) is 24.5 Å². The Hall–Kier alpha value is -3.89. The molecule has 11 heteroatoms. The van der Waals surface area contributed by atoms with E-state index >= 15 is 0 Å². The maximum absolute atomic E-state index is 13.2. The Labute approximate surface area is 187 Å². The summed E-state index contributed by atoms with van der Waals surface area (Å²) in [6.45, 7) is 1.57. The van der Waals surface area contributed by atoms with Gasteiger partial charge in [0.25, 0.3) is 0 Å². The van der Waals surface area contributed by atoms with E-state index in [1.54, 1.807) is 31.2 Å². The van der Waals surface area contributed by atoms with Crippen LogP contribution in [0.2, 0.25) is 0 Å². The first-order valence-corrected chi connectivity index (χ1v) is 9.99. The van der Waals surface area contributed by atoms with Gasteiger partial charge in [0.15, 0.2) is 11.5 Å². The summed E-state index contributed by atoms with van der Waals surface area (Å²) < 4.78 is 45.5. The number of urea groups is 1. The van der Waals surface area contributed by atoms with E-state index in [1.807, 2.05) is 0 Å². The Morgan fingerprint density at radius 1 is 1.18 bits per heavy atom. The van der Waals surface area contributed by atoms with Gasteiger partial charge in [-0.05, 0) is 42.3 Å². The third kappa shape index (κ3) is 4.66. The lowest BCUT2D eigenvalue weighted by atomic mass is 10.0. The van der Waals surface area contributed by atoms with Crippen LogP contribution >= 0.6 is 0 Å². The molecule has 0 spiro atoms. The van der Waals surface area contributed by atoms with Crippen molar-refractivity contribution in [2.75, 3.05) is 7.11 Å². The minimum absolute atomic E-state index is 0.0266. The fourth-order valence-electron chi connectivity index (χ4n) is 3.41. The zero-order valence-electron chi connectivity index (χ0n) is 17.7. The first kappa shape index (κ1) is 22.3. The molecule has 33 heavy (non-hydrogen) atoms. The van der Waals surface area contributed by atoms with Crippen LogP contribution in [-0.4, -0.2) is 42.3 Å². The van der Waals surface area contributed by atoms with E-state index in [0.29, 0.717) is 16.9 Å². The Morgan fingerprint density at radius 2 is 1.88 bits per heavy atom.